The van der Waals surface area contributed by atoms with E-state index < -0.39 is 0 Å². The summed E-state index contributed by atoms with van der Waals surface area (Å²) in [7, 11) is 0. The zero-order chi connectivity index (χ0) is 13.1. The molecule has 0 amide bonds. The number of nitrogens with one attached hydrogen (secondary N) is 1. The largest absolute Gasteiger partial charge is 0.381 e. The van der Waals surface area contributed by atoms with E-state index in [2.05, 4.69) is 21.2 Å². The fourth-order valence-corrected chi connectivity index (χ4v) is 2.19. The van der Waals surface area contributed by atoms with E-state index >= 15 is 0 Å². The summed E-state index contributed by atoms with van der Waals surface area (Å²) < 4.78 is 14.2. The highest BCUT2D eigenvalue weighted by molar-refractivity contribution is 9.10. The molecule has 0 bridgehead atoms. The van der Waals surface area contributed by atoms with Gasteiger partial charge in [0, 0.05) is 22.3 Å². The van der Waals surface area contributed by atoms with Gasteiger partial charge >= 0.3 is 0 Å². The second-order valence-corrected chi connectivity index (χ2v) is 5.28. The first-order valence-corrected chi connectivity index (χ1v) is 6.68. The van der Waals surface area contributed by atoms with E-state index in [0.717, 1.165) is 15.7 Å². The third-order valence-electron chi connectivity index (χ3n) is 2.73. The van der Waals surface area contributed by atoms with Crippen LogP contribution in [0.2, 0.25) is 5.02 Å². The van der Waals surface area contributed by atoms with Crippen LogP contribution in [0.3, 0.4) is 0 Å². The third-order valence-corrected chi connectivity index (χ3v) is 3.95. The van der Waals surface area contributed by atoms with Gasteiger partial charge in [0.2, 0.25) is 0 Å². The molecule has 2 aromatic carbocycles. The van der Waals surface area contributed by atoms with E-state index in [0.29, 0.717) is 17.1 Å². The molecule has 0 aliphatic heterocycles. The Kier molecular flexibility index (Phi) is 4.25. The Morgan fingerprint density at radius 1 is 1.28 bits per heavy atom. The molecule has 2 rings (SSSR count). The van der Waals surface area contributed by atoms with Gasteiger partial charge in [0.05, 0.1) is 5.02 Å². The van der Waals surface area contributed by atoms with Crippen molar-refractivity contribution in [1.82, 2.24) is 0 Å². The average molecular weight is 329 g/mol. The minimum Gasteiger partial charge on any atom is -0.381 e. The first-order valence-electron chi connectivity index (χ1n) is 5.51. The van der Waals surface area contributed by atoms with Gasteiger partial charge < -0.3 is 5.32 Å². The highest BCUT2D eigenvalue weighted by atomic mass is 79.9. The number of anilines is 1. The maximum absolute atomic E-state index is 13.4. The molecule has 1 nitrogen and oxygen atoms in total. The first-order chi connectivity index (χ1) is 8.58. The molecule has 0 saturated carbocycles. The smallest absolute Gasteiger partial charge is 0.128 e. The van der Waals surface area contributed by atoms with Gasteiger partial charge in [0.25, 0.3) is 0 Å². The van der Waals surface area contributed by atoms with Gasteiger partial charge in [-0.3, -0.25) is 0 Å². The van der Waals surface area contributed by atoms with Crippen LogP contribution in [0.15, 0.2) is 40.9 Å². The van der Waals surface area contributed by atoms with Crippen molar-refractivity contribution in [3.05, 3.63) is 62.8 Å². The van der Waals surface area contributed by atoms with E-state index in [1.54, 1.807) is 13.0 Å². The van der Waals surface area contributed by atoms with Crippen LogP contribution in [0.25, 0.3) is 0 Å². The summed E-state index contributed by atoms with van der Waals surface area (Å²) >= 11 is 9.31. The molecular formula is C14H12BrClFN. The molecule has 4 heteroatoms. The minimum atomic E-state index is -0.197. The SMILES string of the molecule is Cc1c(F)cccc1NCc1ccc(Cl)c(Br)c1. The monoisotopic (exact) mass is 327 g/mol. The number of rotatable bonds is 3. The molecular weight excluding hydrogens is 317 g/mol. The summed E-state index contributed by atoms with van der Waals surface area (Å²) in [5, 5.41) is 3.89. The number of halogens is 3. The second-order valence-electron chi connectivity index (χ2n) is 4.01. The lowest BCUT2D eigenvalue weighted by atomic mass is 10.1. The van der Waals surface area contributed by atoms with Crippen LogP contribution in [0.1, 0.15) is 11.1 Å². The minimum absolute atomic E-state index is 0.197. The molecule has 0 fully saturated rings. The standard InChI is InChI=1S/C14H12BrClFN/c1-9-13(17)3-2-4-14(9)18-8-10-5-6-12(16)11(15)7-10/h2-7,18H,8H2,1H3. The van der Waals surface area contributed by atoms with Crippen molar-refractivity contribution >= 4 is 33.2 Å². The topological polar surface area (TPSA) is 12.0 Å². The molecule has 0 aromatic heterocycles. The maximum Gasteiger partial charge on any atom is 0.128 e. The molecule has 18 heavy (non-hydrogen) atoms. The summed E-state index contributed by atoms with van der Waals surface area (Å²) in [6.45, 7) is 2.38. The molecule has 0 heterocycles. The van der Waals surface area contributed by atoms with E-state index in [9.17, 15) is 4.39 Å². The molecule has 0 radical (unpaired) electrons. The molecule has 0 aliphatic carbocycles. The lowest BCUT2D eigenvalue weighted by Gasteiger charge is -2.10. The van der Waals surface area contributed by atoms with E-state index in [4.69, 9.17) is 11.6 Å². The average Bonchev–Trinajstić information content (AvgIpc) is 2.35. The van der Waals surface area contributed by atoms with E-state index in [-0.39, 0.29) is 5.82 Å². The quantitative estimate of drug-likeness (QED) is 0.820. The van der Waals surface area contributed by atoms with Gasteiger partial charge in [-0.2, -0.15) is 0 Å². The van der Waals surface area contributed by atoms with Crippen LogP contribution in [-0.2, 0) is 6.54 Å². The molecule has 2 aromatic rings. The number of hydrogen-bond donors (Lipinski definition) is 1. The van der Waals surface area contributed by atoms with Crippen molar-refractivity contribution in [2.24, 2.45) is 0 Å². The predicted molar refractivity (Wildman–Crippen MR) is 77.6 cm³/mol. The van der Waals surface area contributed by atoms with Crippen LogP contribution >= 0.6 is 27.5 Å². The normalized spacial score (nSPS) is 10.4. The Bertz CT molecular complexity index is 572. The zero-order valence-electron chi connectivity index (χ0n) is 9.81. The Hall–Kier alpha value is -1.06. The summed E-state index contributed by atoms with van der Waals surface area (Å²) in [4.78, 5) is 0. The maximum atomic E-state index is 13.4. The first kappa shape index (κ1) is 13.4. The third kappa shape index (κ3) is 3.03. The van der Waals surface area contributed by atoms with Gasteiger partial charge in [-0.25, -0.2) is 4.39 Å². The van der Waals surface area contributed by atoms with Crippen molar-refractivity contribution in [2.75, 3.05) is 5.32 Å². The highest BCUT2D eigenvalue weighted by Crippen LogP contribution is 2.24. The molecule has 0 unspecified atom stereocenters. The number of hydrogen-bond acceptors (Lipinski definition) is 1. The van der Waals surface area contributed by atoms with Gasteiger partial charge in [-0.05, 0) is 52.7 Å². The lowest BCUT2D eigenvalue weighted by Crippen LogP contribution is -2.02. The van der Waals surface area contributed by atoms with Crippen LogP contribution in [-0.4, -0.2) is 0 Å². The molecule has 94 valence electrons. The number of benzene rings is 2. The molecule has 0 aliphatic rings. The van der Waals surface area contributed by atoms with E-state index in [1.165, 1.54) is 6.07 Å². The predicted octanol–water partition coefficient (Wildman–Crippen LogP) is 5.16. The lowest BCUT2D eigenvalue weighted by molar-refractivity contribution is 0.619. The van der Waals surface area contributed by atoms with Crippen LogP contribution in [0.4, 0.5) is 10.1 Å². The molecule has 0 atom stereocenters. The van der Waals surface area contributed by atoms with E-state index in [1.807, 2.05) is 24.3 Å². The van der Waals surface area contributed by atoms with Crippen LogP contribution < -0.4 is 5.32 Å². The van der Waals surface area contributed by atoms with Gasteiger partial charge in [-0.15, -0.1) is 0 Å². The molecule has 0 spiro atoms. The van der Waals surface area contributed by atoms with Crippen molar-refractivity contribution < 1.29 is 4.39 Å². The molecule has 0 saturated heterocycles. The molecule has 1 N–H and O–H groups in total. The van der Waals surface area contributed by atoms with Gasteiger partial charge in [-0.1, -0.05) is 23.7 Å². The van der Waals surface area contributed by atoms with Crippen molar-refractivity contribution in [2.45, 2.75) is 13.5 Å². The summed E-state index contributed by atoms with van der Waals surface area (Å²) in [5.74, 6) is -0.197. The Labute approximate surface area is 119 Å². The summed E-state index contributed by atoms with van der Waals surface area (Å²) in [6.07, 6.45) is 0. The van der Waals surface area contributed by atoms with Crippen LogP contribution in [0.5, 0.6) is 0 Å². The Balaban J connectivity index is 2.11. The van der Waals surface area contributed by atoms with Crippen molar-refractivity contribution in [1.29, 1.82) is 0 Å². The Morgan fingerprint density at radius 2 is 2.06 bits per heavy atom. The zero-order valence-corrected chi connectivity index (χ0v) is 12.1. The van der Waals surface area contributed by atoms with Gasteiger partial charge in [0.1, 0.15) is 5.82 Å². The second kappa shape index (κ2) is 5.72. The fourth-order valence-electron chi connectivity index (χ4n) is 1.65. The summed E-state index contributed by atoms with van der Waals surface area (Å²) in [5.41, 5.74) is 2.52. The summed E-state index contributed by atoms with van der Waals surface area (Å²) in [6, 6.07) is 10.7. The van der Waals surface area contributed by atoms with Gasteiger partial charge in [0.15, 0.2) is 0 Å². The van der Waals surface area contributed by atoms with Crippen molar-refractivity contribution in [3.63, 3.8) is 0 Å². The highest BCUT2D eigenvalue weighted by Gasteiger charge is 2.03. The van der Waals surface area contributed by atoms with Crippen LogP contribution in [0, 0.1) is 12.7 Å². The Morgan fingerprint density at radius 3 is 2.78 bits per heavy atom. The fraction of sp³-hybridized carbons (Fsp3) is 0.143. The van der Waals surface area contributed by atoms with Crippen molar-refractivity contribution in [3.8, 4) is 0 Å².